The molecule has 1 aromatic carbocycles. The number of hydrogen-bond donors (Lipinski definition) is 0. The van der Waals surface area contributed by atoms with Gasteiger partial charge in [-0.25, -0.2) is 4.79 Å². The van der Waals surface area contributed by atoms with E-state index >= 15 is 0 Å². The summed E-state index contributed by atoms with van der Waals surface area (Å²) in [6, 6.07) is 4.85. The quantitative estimate of drug-likeness (QED) is 0.344. The minimum Gasteiger partial charge on any atom is -0.463 e. The highest BCUT2D eigenvalue weighted by atomic mass is 79.9. The molecule has 0 saturated heterocycles. The average Bonchev–Trinajstić information content (AvgIpc) is 2.31. The molecule has 0 radical (unpaired) electrons. The summed E-state index contributed by atoms with van der Waals surface area (Å²) in [5, 5.41) is 1.26. The van der Waals surface area contributed by atoms with Gasteiger partial charge >= 0.3 is 5.97 Å². The number of esters is 1. The second kappa shape index (κ2) is 7.67. The number of carbonyl (C=O) groups excluding carboxylic acids is 1. The van der Waals surface area contributed by atoms with Crippen LogP contribution in [-0.4, -0.2) is 17.9 Å². The predicted molar refractivity (Wildman–Crippen MR) is 75.6 cm³/mol. The molecule has 18 heavy (non-hydrogen) atoms. The van der Waals surface area contributed by atoms with Crippen LogP contribution in [-0.2, 0) is 9.53 Å². The lowest BCUT2D eigenvalue weighted by Crippen LogP contribution is -2.05. The third-order valence-electron chi connectivity index (χ3n) is 1.83. The van der Waals surface area contributed by atoms with E-state index in [9.17, 15) is 4.79 Å². The Morgan fingerprint density at radius 1 is 1.44 bits per heavy atom. The van der Waals surface area contributed by atoms with Crippen molar-refractivity contribution in [2.45, 2.75) is 6.92 Å². The van der Waals surface area contributed by atoms with Gasteiger partial charge in [-0.1, -0.05) is 39.1 Å². The number of benzene rings is 1. The van der Waals surface area contributed by atoms with Crippen molar-refractivity contribution in [1.82, 2.24) is 0 Å². The molecule has 0 unspecified atom stereocenters. The van der Waals surface area contributed by atoms with E-state index in [1.54, 1.807) is 25.1 Å². The molecule has 0 aromatic heterocycles. The topological polar surface area (TPSA) is 35.5 Å². The Morgan fingerprint density at radius 3 is 2.72 bits per heavy atom. The number of carbonyl (C=O) groups is 1. The van der Waals surface area contributed by atoms with E-state index in [1.165, 1.54) is 6.08 Å². The maximum Gasteiger partial charge on any atom is 0.334 e. The van der Waals surface area contributed by atoms with Gasteiger partial charge in [0.05, 0.1) is 23.0 Å². The van der Waals surface area contributed by atoms with Gasteiger partial charge in [-0.15, -0.1) is 0 Å². The van der Waals surface area contributed by atoms with Crippen LogP contribution in [0.5, 0.6) is 5.75 Å². The summed E-state index contributed by atoms with van der Waals surface area (Å²) in [4.78, 5) is 11.3. The molecule has 0 aliphatic heterocycles. The molecule has 0 saturated carbocycles. The molecule has 0 heterocycles. The zero-order valence-electron chi connectivity index (χ0n) is 9.58. The molecule has 6 heteroatoms. The molecule has 1 rings (SSSR count). The summed E-state index contributed by atoms with van der Waals surface area (Å²) in [5.41, 5.74) is 0. The van der Waals surface area contributed by atoms with Crippen LogP contribution in [0, 0.1) is 0 Å². The Hall–Kier alpha value is -0.710. The molecule has 0 spiro atoms. The van der Waals surface area contributed by atoms with Crippen LogP contribution >= 0.6 is 39.1 Å². The fourth-order valence-corrected chi connectivity index (χ4v) is 1.83. The SMILES string of the molecule is CCOC(=O)/C=C(/CBr)Oc1ccc(Cl)cc1Cl. The maximum atomic E-state index is 11.3. The molecule has 0 atom stereocenters. The van der Waals surface area contributed by atoms with Crippen molar-refractivity contribution in [1.29, 1.82) is 0 Å². The third kappa shape index (κ3) is 4.88. The van der Waals surface area contributed by atoms with Crippen molar-refractivity contribution >= 4 is 45.1 Å². The summed E-state index contributed by atoms with van der Waals surface area (Å²) in [6.07, 6.45) is 1.27. The second-order valence-electron chi connectivity index (χ2n) is 3.17. The van der Waals surface area contributed by atoms with Gasteiger partial charge in [0.2, 0.25) is 0 Å². The Morgan fingerprint density at radius 2 is 2.17 bits per heavy atom. The lowest BCUT2D eigenvalue weighted by molar-refractivity contribution is -0.137. The van der Waals surface area contributed by atoms with Crippen LogP contribution < -0.4 is 4.74 Å². The molecule has 1 aromatic rings. The Balaban J connectivity index is 2.82. The number of rotatable bonds is 5. The lowest BCUT2D eigenvalue weighted by atomic mass is 10.3. The zero-order valence-corrected chi connectivity index (χ0v) is 12.7. The number of halogens is 3. The highest BCUT2D eigenvalue weighted by Crippen LogP contribution is 2.29. The zero-order chi connectivity index (χ0) is 13.5. The maximum absolute atomic E-state index is 11.3. The molecule has 0 aliphatic carbocycles. The van der Waals surface area contributed by atoms with Gasteiger partial charge in [0.1, 0.15) is 11.5 Å². The van der Waals surface area contributed by atoms with Crippen molar-refractivity contribution in [3.8, 4) is 5.75 Å². The van der Waals surface area contributed by atoms with Gasteiger partial charge in [-0.2, -0.15) is 0 Å². The summed E-state index contributed by atoms with van der Waals surface area (Å²) >= 11 is 15.0. The minimum absolute atomic E-state index is 0.312. The lowest BCUT2D eigenvalue weighted by Gasteiger charge is -2.09. The predicted octanol–water partition coefficient (Wildman–Crippen LogP) is 4.21. The van der Waals surface area contributed by atoms with E-state index in [-0.39, 0.29) is 0 Å². The highest BCUT2D eigenvalue weighted by Gasteiger charge is 2.07. The normalized spacial score (nSPS) is 11.2. The van der Waals surface area contributed by atoms with Gasteiger partial charge in [0.25, 0.3) is 0 Å². The van der Waals surface area contributed by atoms with E-state index in [2.05, 4.69) is 15.9 Å². The van der Waals surface area contributed by atoms with Crippen molar-refractivity contribution < 1.29 is 14.3 Å². The Bertz CT molecular complexity index is 461. The molecule has 0 fully saturated rings. The fourth-order valence-electron chi connectivity index (χ4n) is 1.11. The van der Waals surface area contributed by atoms with Gasteiger partial charge in [0.15, 0.2) is 0 Å². The first kappa shape index (κ1) is 15.3. The summed E-state index contributed by atoms with van der Waals surface area (Å²) in [6.45, 7) is 2.04. The van der Waals surface area contributed by atoms with Gasteiger partial charge < -0.3 is 9.47 Å². The standard InChI is InChI=1S/C12H11BrCl2O3/c1-2-17-12(16)6-9(7-13)18-11-4-3-8(14)5-10(11)15/h3-6H,2,7H2,1H3/b9-6-. The van der Waals surface area contributed by atoms with Gasteiger partial charge in [-0.3, -0.25) is 0 Å². The first-order chi connectivity index (χ1) is 8.56. The van der Waals surface area contributed by atoms with Crippen LogP contribution in [0.4, 0.5) is 0 Å². The van der Waals surface area contributed by atoms with Crippen LogP contribution in [0.1, 0.15) is 6.92 Å². The van der Waals surface area contributed by atoms with Crippen molar-refractivity contribution in [3.05, 3.63) is 40.1 Å². The highest BCUT2D eigenvalue weighted by molar-refractivity contribution is 9.09. The van der Waals surface area contributed by atoms with Crippen LogP contribution in [0.3, 0.4) is 0 Å². The van der Waals surface area contributed by atoms with Crippen LogP contribution in [0.2, 0.25) is 10.0 Å². The van der Waals surface area contributed by atoms with E-state index < -0.39 is 5.97 Å². The molecular formula is C12H11BrCl2O3. The average molecular weight is 354 g/mol. The largest absolute Gasteiger partial charge is 0.463 e. The number of hydrogen-bond acceptors (Lipinski definition) is 3. The number of ether oxygens (including phenoxy) is 2. The molecule has 0 bridgehead atoms. The monoisotopic (exact) mass is 352 g/mol. The van der Waals surface area contributed by atoms with Gasteiger partial charge in [0, 0.05) is 5.02 Å². The number of allylic oxidation sites excluding steroid dienone is 1. The first-order valence-corrected chi connectivity index (χ1v) is 7.00. The Kier molecular flexibility index (Phi) is 6.54. The summed E-state index contributed by atoms with van der Waals surface area (Å²) < 4.78 is 10.3. The van der Waals surface area contributed by atoms with Crippen molar-refractivity contribution in [3.63, 3.8) is 0 Å². The third-order valence-corrected chi connectivity index (χ3v) is 2.92. The molecular weight excluding hydrogens is 343 g/mol. The van der Waals surface area contributed by atoms with E-state index in [1.807, 2.05) is 0 Å². The fraction of sp³-hybridized carbons (Fsp3) is 0.250. The summed E-state index contributed by atoms with van der Waals surface area (Å²) in [7, 11) is 0. The second-order valence-corrected chi connectivity index (χ2v) is 4.58. The van der Waals surface area contributed by atoms with E-state index in [0.29, 0.717) is 33.5 Å². The van der Waals surface area contributed by atoms with E-state index in [4.69, 9.17) is 32.7 Å². The molecule has 3 nitrogen and oxygen atoms in total. The minimum atomic E-state index is -0.461. The molecule has 98 valence electrons. The first-order valence-electron chi connectivity index (χ1n) is 5.13. The number of alkyl halides is 1. The summed E-state index contributed by atoms with van der Waals surface area (Å²) in [5.74, 6) is 0.366. The smallest absolute Gasteiger partial charge is 0.334 e. The van der Waals surface area contributed by atoms with Crippen molar-refractivity contribution in [2.24, 2.45) is 0 Å². The van der Waals surface area contributed by atoms with Gasteiger partial charge in [-0.05, 0) is 25.1 Å². The van der Waals surface area contributed by atoms with Crippen LogP contribution in [0.25, 0.3) is 0 Å². The van der Waals surface area contributed by atoms with Crippen molar-refractivity contribution in [2.75, 3.05) is 11.9 Å². The molecule has 0 N–H and O–H groups in total. The van der Waals surface area contributed by atoms with Crippen LogP contribution in [0.15, 0.2) is 30.0 Å². The Labute approximate surface area is 124 Å². The van der Waals surface area contributed by atoms with E-state index in [0.717, 1.165) is 0 Å². The molecule has 0 aliphatic rings. The molecule has 0 amide bonds.